The van der Waals surface area contributed by atoms with Crippen molar-refractivity contribution in [2.24, 2.45) is 0 Å². The van der Waals surface area contributed by atoms with Crippen molar-refractivity contribution in [3.63, 3.8) is 0 Å². The van der Waals surface area contributed by atoms with Crippen LogP contribution in [0.5, 0.6) is 0 Å². The molecule has 0 unspecified atom stereocenters. The molecule has 0 saturated heterocycles. The molecule has 0 N–H and O–H groups in total. The van der Waals surface area contributed by atoms with Crippen molar-refractivity contribution < 1.29 is 20.4 Å². The number of halogens is 4. The van der Waals surface area contributed by atoms with E-state index in [0.29, 0.717) is 49.7 Å². The van der Waals surface area contributed by atoms with Gasteiger partial charge in [0, 0.05) is 32.7 Å². The number of hydrogen-bond donors (Lipinski definition) is 0. The molecular weight excluding hydrogens is 783 g/mol. The fourth-order valence-electron chi connectivity index (χ4n) is 7.61. The number of nitrogens with zero attached hydrogens (tertiary/aromatic N) is 3. The van der Waals surface area contributed by atoms with E-state index in [1.54, 1.807) is 12.3 Å². The second kappa shape index (κ2) is 19.4. The second-order valence-corrected chi connectivity index (χ2v) is 14.4. The number of hydrogen-bond acceptors (Lipinski definition) is 3. The SMILES string of the molecule is CCC(CC)c1cccc(C(CC)CC)c1N1C(=Cc2nccc(Cl)c2Cl)N(c2c(C(CC)CC)cccc2C(CC)CC)C(Cl)=C1Cl.[Pd]. The van der Waals surface area contributed by atoms with Gasteiger partial charge in [-0.2, -0.15) is 0 Å². The zero-order chi connectivity index (χ0) is 35.1. The molecule has 4 rings (SSSR count). The van der Waals surface area contributed by atoms with Crippen molar-refractivity contribution in [1.29, 1.82) is 0 Å². The molecule has 0 amide bonds. The molecule has 2 aromatic carbocycles. The Hall–Kier alpha value is -1.51. The molecular formula is C41H53Cl4N3Pd. The maximum atomic E-state index is 7.58. The number of para-hydroxylation sites is 2. The molecule has 270 valence electrons. The number of aromatic nitrogens is 1. The summed E-state index contributed by atoms with van der Waals surface area (Å²) in [6, 6.07) is 15.2. The van der Waals surface area contributed by atoms with Gasteiger partial charge in [-0.15, -0.1) is 0 Å². The molecule has 8 heteroatoms. The zero-order valence-electron chi connectivity index (χ0n) is 30.3. The van der Waals surface area contributed by atoms with Crippen molar-refractivity contribution >= 4 is 63.9 Å². The van der Waals surface area contributed by atoms with Crippen molar-refractivity contribution in [3.8, 4) is 0 Å². The average Bonchev–Trinajstić information content (AvgIpc) is 3.33. The van der Waals surface area contributed by atoms with Gasteiger partial charge in [0.1, 0.15) is 5.82 Å². The fraction of sp³-hybridized carbons (Fsp3) is 0.488. The predicted octanol–water partition coefficient (Wildman–Crippen LogP) is 14.9. The van der Waals surface area contributed by atoms with Crippen LogP contribution in [0, 0.1) is 0 Å². The van der Waals surface area contributed by atoms with Crippen LogP contribution in [-0.2, 0) is 20.4 Å². The van der Waals surface area contributed by atoms with Gasteiger partial charge in [-0.05, 0) is 103 Å². The minimum Gasteiger partial charge on any atom is -0.283 e. The van der Waals surface area contributed by atoms with E-state index in [-0.39, 0.29) is 20.4 Å². The molecule has 1 aliphatic heterocycles. The fourth-order valence-corrected chi connectivity index (χ4v) is 8.44. The predicted molar refractivity (Wildman–Crippen MR) is 212 cm³/mol. The Morgan fingerprint density at radius 1 is 0.551 bits per heavy atom. The standard InChI is InChI=1S/C41H53Cl4N3.Pd/c1-9-26(10-2)30-19-17-20-31(27(11-3)12-4)38(30)47-36(25-35-37(43)34(42)23-24-46-35)48(41(45)40(47)44)39-32(28(13-5)14-6)21-18-22-33(39)29(15-7)16-8;/h17-29H,9-16H2,1-8H3;. The Balaban J connectivity index is 0.00000650. The smallest absolute Gasteiger partial charge is 0.151 e. The van der Waals surface area contributed by atoms with Crippen LogP contribution in [0.2, 0.25) is 10.0 Å². The number of pyridine rings is 1. The van der Waals surface area contributed by atoms with Crippen molar-refractivity contribution in [2.75, 3.05) is 9.80 Å². The monoisotopic (exact) mass is 833 g/mol. The first kappa shape index (κ1) is 41.9. The Labute approximate surface area is 330 Å². The summed E-state index contributed by atoms with van der Waals surface area (Å²) in [4.78, 5) is 9.09. The minimum atomic E-state index is 0. The van der Waals surface area contributed by atoms with Gasteiger partial charge >= 0.3 is 0 Å². The molecule has 0 saturated carbocycles. The summed E-state index contributed by atoms with van der Waals surface area (Å²) in [5.41, 5.74) is 7.89. The van der Waals surface area contributed by atoms with Gasteiger partial charge in [-0.1, -0.05) is 138 Å². The van der Waals surface area contributed by atoms with E-state index in [1.807, 2.05) is 6.08 Å². The molecule has 1 aliphatic rings. The van der Waals surface area contributed by atoms with Gasteiger partial charge in [0.05, 0.1) is 27.1 Å². The van der Waals surface area contributed by atoms with E-state index in [4.69, 9.17) is 51.4 Å². The van der Waals surface area contributed by atoms with Crippen molar-refractivity contribution in [1.82, 2.24) is 4.98 Å². The second-order valence-electron chi connectivity index (χ2n) is 12.9. The van der Waals surface area contributed by atoms with Crippen LogP contribution in [0.3, 0.4) is 0 Å². The van der Waals surface area contributed by atoms with Crippen LogP contribution in [0.4, 0.5) is 11.4 Å². The van der Waals surface area contributed by atoms with E-state index in [1.165, 1.54) is 22.3 Å². The number of anilines is 2. The number of benzene rings is 2. The van der Waals surface area contributed by atoms with Gasteiger partial charge in [-0.25, -0.2) is 0 Å². The Bertz CT molecular complexity index is 1450. The molecule has 1 aromatic heterocycles. The molecule has 3 nitrogen and oxygen atoms in total. The third kappa shape index (κ3) is 8.43. The number of rotatable bonds is 15. The molecule has 0 bridgehead atoms. The molecule has 49 heavy (non-hydrogen) atoms. The first-order valence-corrected chi connectivity index (χ1v) is 19.6. The van der Waals surface area contributed by atoms with E-state index < -0.39 is 0 Å². The summed E-state index contributed by atoms with van der Waals surface area (Å²) >= 11 is 28.6. The van der Waals surface area contributed by atoms with Crippen LogP contribution in [0.15, 0.2) is 64.8 Å². The maximum absolute atomic E-state index is 7.58. The quantitative estimate of drug-likeness (QED) is 0.112. The third-order valence-corrected chi connectivity index (χ3v) is 12.1. The molecule has 2 heterocycles. The first-order chi connectivity index (χ1) is 23.2. The molecule has 0 aliphatic carbocycles. The van der Waals surface area contributed by atoms with Crippen LogP contribution in [0.1, 0.15) is 158 Å². The van der Waals surface area contributed by atoms with Gasteiger partial charge in [-0.3, -0.25) is 14.8 Å². The maximum Gasteiger partial charge on any atom is 0.151 e. The zero-order valence-corrected chi connectivity index (χ0v) is 34.9. The van der Waals surface area contributed by atoms with E-state index in [2.05, 4.69) is 102 Å². The normalized spacial score (nSPS) is 13.5. The van der Waals surface area contributed by atoms with Gasteiger partial charge in [0.25, 0.3) is 0 Å². The summed E-state index contributed by atoms with van der Waals surface area (Å²) in [7, 11) is 0. The van der Waals surface area contributed by atoms with E-state index in [9.17, 15) is 0 Å². The van der Waals surface area contributed by atoms with Crippen LogP contribution < -0.4 is 9.80 Å². The van der Waals surface area contributed by atoms with Crippen molar-refractivity contribution in [3.05, 3.63) is 103 Å². The Kier molecular flexibility index (Phi) is 16.6. The first-order valence-electron chi connectivity index (χ1n) is 18.1. The average molecular weight is 836 g/mol. The molecule has 0 spiro atoms. The van der Waals surface area contributed by atoms with Crippen molar-refractivity contribution in [2.45, 2.75) is 130 Å². The summed E-state index contributed by atoms with van der Waals surface area (Å²) in [6.07, 6.45) is 11.8. The van der Waals surface area contributed by atoms with Crippen LogP contribution in [-0.4, -0.2) is 4.98 Å². The Morgan fingerprint density at radius 3 is 1.18 bits per heavy atom. The molecule has 0 atom stereocenters. The van der Waals surface area contributed by atoms with E-state index >= 15 is 0 Å². The van der Waals surface area contributed by atoms with Gasteiger partial charge < -0.3 is 0 Å². The molecule has 3 aromatic rings. The minimum absolute atomic E-state index is 0. The van der Waals surface area contributed by atoms with Gasteiger partial charge in [0.2, 0.25) is 0 Å². The van der Waals surface area contributed by atoms with E-state index in [0.717, 1.165) is 68.6 Å². The van der Waals surface area contributed by atoms with Crippen LogP contribution in [0.25, 0.3) is 6.08 Å². The summed E-state index contributed by atoms with van der Waals surface area (Å²) in [5.74, 6) is 2.18. The van der Waals surface area contributed by atoms with Gasteiger partial charge in [0.15, 0.2) is 10.3 Å². The molecule has 0 radical (unpaired) electrons. The summed E-state index contributed by atoms with van der Waals surface area (Å²) in [5, 5.41) is 1.79. The van der Waals surface area contributed by atoms with Crippen LogP contribution >= 0.6 is 46.4 Å². The summed E-state index contributed by atoms with van der Waals surface area (Å²) in [6.45, 7) is 18.1. The molecule has 0 fully saturated rings. The topological polar surface area (TPSA) is 19.4 Å². The Morgan fingerprint density at radius 2 is 0.878 bits per heavy atom. The largest absolute Gasteiger partial charge is 0.283 e. The summed E-state index contributed by atoms with van der Waals surface area (Å²) < 4.78 is 0. The third-order valence-electron chi connectivity index (χ3n) is 10.5.